The second-order valence-electron chi connectivity index (χ2n) is 11.8. The normalized spacial score (nSPS) is 15.3. The highest BCUT2D eigenvalue weighted by atomic mass is 32.2. The van der Waals surface area contributed by atoms with Crippen LogP contribution in [0, 0.1) is 18.6 Å². The maximum absolute atomic E-state index is 13.6. The molecule has 238 valence electrons. The molecule has 45 heavy (non-hydrogen) atoms. The van der Waals surface area contributed by atoms with Crippen molar-refractivity contribution < 1.29 is 22.3 Å². The van der Waals surface area contributed by atoms with Gasteiger partial charge in [0.2, 0.25) is 0 Å². The number of hydrogen-bond donors (Lipinski definition) is 1. The first kappa shape index (κ1) is 32.8. The zero-order valence-electron chi connectivity index (χ0n) is 25.6. The Morgan fingerprint density at radius 2 is 1.29 bits per heavy atom. The van der Waals surface area contributed by atoms with E-state index in [4.69, 9.17) is 0 Å². The van der Waals surface area contributed by atoms with Crippen LogP contribution in [0.1, 0.15) is 35.4 Å². The molecule has 1 heterocycles. The number of β-amino-alcohol motifs (C(OH)–C–C–N with tert-alkyl or cyclic N) is 1. The van der Waals surface area contributed by atoms with Crippen molar-refractivity contribution in [1.29, 1.82) is 0 Å². The number of aryl methyl sites for hydroxylation is 1. The molecule has 6 nitrogen and oxygen atoms in total. The van der Waals surface area contributed by atoms with E-state index in [0.717, 1.165) is 62.3 Å². The monoisotopic (exact) mass is 633 g/mol. The Hall–Kier alpha value is -3.63. The van der Waals surface area contributed by atoms with Crippen LogP contribution in [0.25, 0.3) is 0 Å². The number of nitrogens with zero attached hydrogens (tertiary/aromatic N) is 3. The van der Waals surface area contributed by atoms with Crippen LogP contribution < -0.4 is 4.31 Å². The van der Waals surface area contributed by atoms with Gasteiger partial charge < -0.3 is 10.0 Å². The minimum absolute atomic E-state index is 0.0470. The first-order chi connectivity index (χ1) is 21.7. The number of hydrogen-bond acceptors (Lipinski definition) is 5. The minimum atomic E-state index is -3.87. The van der Waals surface area contributed by atoms with Gasteiger partial charge in [0.05, 0.1) is 23.2 Å². The third-order valence-electron chi connectivity index (χ3n) is 8.48. The summed E-state index contributed by atoms with van der Waals surface area (Å²) in [6.07, 6.45) is 0.899. The van der Waals surface area contributed by atoms with Crippen LogP contribution >= 0.6 is 0 Å². The summed E-state index contributed by atoms with van der Waals surface area (Å²) >= 11 is 0. The Morgan fingerprint density at radius 1 is 0.756 bits per heavy atom. The molecule has 9 heteroatoms. The highest BCUT2D eigenvalue weighted by Crippen LogP contribution is 2.30. The number of para-hydroxylation sites is 1. The largest absolute Gasteiger partial charge is 0.390 e. The zero-order chi connectivity index (χ0) is 31.8. The summed E-state index contributed by atoms with van der Waals surface area (Å²) in [5.74, 6) is -0.507. The van der Waals surface area contributed by atoms with Crippen molar-refractivity contribution >= 4 is 15.7 Å². The fourth-order valence-electron chi connectivity index (χ4n) is 5.95. The van der Waals surface area contributed by atoms with E-state index in [-0.39, 0.29) is 29.0 Å². The molecule has 0 aliphatic carbocycles. The Balaban J connectivity index is 1.14. The molecule has 0 aromatic heterocycles. The smallest absolute Gasteiger partial charge is 0.264 e. The molecule has 1 unspecified atom stereocenters. The molecule has 0 radical (unpaired) electrons. The third-order valence-corrected chi connectivity index (χ3v) is 10.3. The van der Waals surface area contributed by atoms with Gasteiger partial charge in [-0.15, -0.1) is 0 Å². The van der Waals surface area contributed by atoms with Crippen LogP contribution in [0.2, 0.25) is 0 Å². The van der Waals surface area contributed by atoms with Crippen molar-refractivity contribution in [2.75, 3.05) is 50.1 Å². The molecular weight excluding hydrogens is 592 g/mol. The molecule has 4 aromatic rings. The standard InChI is InChI=1S/C36H41F2N3O3S/c1-28-9-19-35(20-10-28)45(43,44)41(33-6-3-2-4-7-33)27-34(42)26-40-24-22-39(23-25-40)21-5-8-36(29-11-15-31(37)16-12-29)30-13-17-32(38)18-14-30/h2-4,6-7,9-20,34,36,42H,5,8,21-27H2,1H3. The highest BCUT2D eigenvalue weighted by molar-refractivity contribution is 7.92. The molecule has 4 aromatic carbocycles. The second kappa shape index (κ2) is 15.1. The van der Waals surface area contributed by atoms with E-state index < -0.39 is 16.1 Å². The predicted molar refractivity (Wildman–Crippen MR) is 175 cm³/mol. The van der Waals surface area contributed by atoms with Crippen molar-refractivity contribution in [1.82, 2.24) is 9.80 Å². The van der Waals surface area contributed by atoms with Crippen molar-refractivity contribution in [3.63, 3.8) is 0 Å². The van der Waals surface area contributed by atoms with Crippen molar-refractivity contribution in [2.24, 2.45) is 0 Å². The van der Waals surface area contributed by atoms with Crippen LogP contribution in [0.4, 0.5) is 14.5 Å². The maximum atomic E-state index is 13.6. The van der Waals surface area contributed by atoms with Gasteiger partial charge in [0.15, 0.2) is 0 Å². The van der Waals surface area contributed by atoms with E-state index in [9.17, 15) is 22.3 Å². The summed E-state index contributed by atoms with van der Waals surface area (Å²) in [7, 11) is -3.87. The summed E-state index contributed by atoms with van der Waals surface area (Å²) in [6.45, 7) is 6.36. The van der Waals surface area contributed by atoms with Gasteiger partial charge in [-0.05, 0) is 86.0 Å². The van der Waals surface area contributed by atoms with E-state index >= 15 is 0 Å². The van der Waals surface area contributed by atoms with Crippen LogP contribution in [-0.4, -0.2) is 75.2 Å². The van der Waals surface area contributed by atoms with Crippen LogP contribution in [0.3, 0.4) is 0 Å². The van der Waals surface area contributed by atoms with E-state index in [2.05, 4.69) is 9.80 Å². The number of halogens is 2. The van der Waals surface area contributed by atoms with Gasteiger partial charge in [-0.3, -0.25) is 9.21 Å². The number of aliphatic hydroxyl groups excluding tert-OH is 1. The number of piperazine rings is 1. The predicted octanol–water partition coefficient (Wildman–Crippen LogP) is 6.06. The molecule has 0 spiro atoms. The fourth-order valence-corrected chi connectivity index (χ4v) is 7.45. The van der Waals surface area contributed by atoms with Gasteiger partial charge in [-0.25, -0.2) is 17.2 Å². The molecule has 1 N–H and O–H groups in total. The quantitative estimate of drug-likeness (QED) is 0.194. The van der Waals surface area contributed by atoms with E-state index in [0.29, 0.717) is 12.2 Å². The third kappa shape index (κ3) is 8.76. The molecule has 0 saturated carbocycles. The molecule has 0 bridgehead atoms. The first-order valence-electron chi connectivity index (χ1n) is 15.5. The number of benzene rings is 4. The lowest BCUT2D eigenvalue weighted by Gasteiger charge is -2.36. The topological polar surface area (TPSA) is 64.1 Å². The summed E-state index contributed by atoms with van der Waals surface area (Å²) in [5.41, 5.74) is 3.51. The van der Waals surface area contributed by atoms with Crippen LogP contribution in [0.5, 0.6) is 0 Å². The van der Waals surface area contributed by atoms with Gasteiger partial charge in [-0.2, -0.15) is 0 Å². The van der Waals surface area contributed by atoms with E-state index in [1.807, 2.05) is 13.0 Å². The Labute approximate surface area is 265 Å². The molecule has 1 saturated heterocycles. The van der Waals surface area contributed by atoms with Gasteiger partial charge in [0.1, 0.15) is 11.6 Å². The minimum Gasteiger partial charge on any atom is -0.390 e. The molecule has 0 amide bonds. The summed E-state index contributed by atoms with van der Waals surface area (Å²) < 4.78 is 55.7. The highest BCUT2D eigenvalue weighted by Gasteiger charge is 2.28. The number of sulfonamides is 1. The summed E-state index contributed by atoms with van der Waals surface area (Å²) in [4.78, 5) is 4.77. The lowest BCUT2D eigenvalue weighted by atomic mass is 9.87. The summed E-state index contributed by atoms with van der Waals surface area (Å²) in [6, 6.07) is 28.8. The number of anilines is 1. The van der Waals surface area contributed by atoms with Gasteiger partial charge >= 0.3 is 0 Å². The van der Waals surface area contributed by atoms with Gasteiger partial charge in [-0.1, -0.05) is 60.2 Å². The first-order valence-corrected chi connectivity index (χ1v) is 16.9. The molecule has 1 aliphatic heterocycles. The molecule has 1 fully saturated rings. The van der Waals surface area contributed by atoms with Crippen LogP contribution in [0.15, 0.2) is 108 Å². The van der Waals surface area contributed by atoms with Crippen molar-refractivity contribution in [3.05, 3.63) is 131 Å². The van der Waals surface area contributed by atoms with E-state index in [1.54, 1.807) is 72.8 Å². The lowest BCUT2D eigenvalue weighted by Crippen LogP contribution is -2.50. The number of aliphatic hydroxyl groups is 1. The average Bonchev–Trinajstić information content (AvgIpc) is 3.04. The SMILES string of the molecule is Cc1ccc(S(=O)(=O)N(CC(O)CN2CCN(CCCC(c3ccc(F)cc3)c3ccc(F)cc3)CC2)c2ccccc2)cc1. The van der Waals surface area contributed by atoms with Crippen LogP contribution in [-0.2, 0) is 10.0 Å². The van der Waals surface area contributed by atoms with E-state index in [1.165, 1.54) is 28.6 Å². The maximum Gasteiger partial charge on any atom is 0.264 e. The molecular formula is C36H41F2N3O3S. The lowest BCUT2D eigenvalue weighted by molar-refractivity contribution is 0.0762. The molecule has 5 rings (SSSR count). The molecule has 1 atom stereocenters. The van der Waals surface area contributed by atoms with Crippen molar-refractivity contribution in [3.8, 4) is 0 Å². The van der Waals surface area contributed by atoms with Gasteiger partial charge in [0, 0.05) is 38.6 Å². The molecule has 1 aliphatic rings. The Morgan fingerprint density at radius 3 is 1.84 bits per heavy atom. The Bertz CT molecular complexity index is 1550. The number of rotatable bonds is 13. The van der Waals surface area contributed by atoms with Crippen molar-refractivity contribution in [2.45, 2.75) is 36.7 Å². The average molecular weight is 634 g/mol. The van der Waals surface area contributed by atoms with Gasteiger partial charge in [0.25, 0.3) is 10.0 Å². The summed E-state index contributed by atoms with van der Waals surface area (Å²) in [5, 5.41) is 11.1. The second-order valence-corrected chi connectivity index (χ2v) is 13.6. The fraction of sp³-hybridized carbons (Fsp3) is 0.333. The zero-order valence-corrected chi connectivity index (χ0v) is 26.4. The Kier molecular flexibility index (Phi) is 11.0.